The Morgan fingerprint density at radius 1 is 1.17 bits per heavy atom. The predicted octanol–water partition coefficient (Wildman–Crippen LogP) is 0.566. The summed E-state index contributed by atoms with van der Waals surface area (Å²) in [6.45, 7) is 0.644. The zero-order valence-corrected chi connectivity index (χ0v) is 9.69. The number of aromatic nitrogens is 1. The number of carbonyl (C=O) groups excluding carboxylic acids is 2. The number of benzene rings is 1. The van der Waals surface area contributed by atoms with E-state index in [4.69, 9.17) is 5.73 Å². The van der Waals surface area contributed by atoms with Gasteiger partial charge < -0.3 is 21.4 Å². The molecule has 0 radical (unpaired) electrons. The smallest absolute Gasteiger partial charge is 0.312 e. The molecule has 0 atom stereocenters. The first kappa shape index (κ1) is 12.0. The van der Waals surface area contributed by atoms with E-state index in [9.17, 15) is 9.59 Å². The van der Waals surface area contributed by atoms with Crippen LogP contribution in [0, 0.1) is 0 Å². The molecule has 18 heavy (non-hydrogen) atoms. The molecule has 3 amide bonds. The molecule has 0 fully saturated rings. The molecular formula is C12H14N4O2. The Balaban J connectivity index is 1.99. The summed E-state index contributed by atoms with van der Waals surface area (Å²) in [5, 5.41) is 5.98. The Labute approximate surface area is 104 Å². The summed E-state index contributed by atoms with van der Waals surface area (Å²) in [7, 11) is 0. The van der Waals surface area contributed by atoms with Crippen LogP contribution in [0.5, 0.6) is 0 Å². The molecule has 94 valence electrons. The molecule has 0 saturated heterocycles. The van der Waals surface area contributed by atoms with E-state index in [1.807, 2.05) is 24.3 Å². The van der Waals surface area contributed by atoms with E-state index < -0.39 is 6.03 Å². The second-order valence-electron chi connectivity index (χ2n) is 3.79. The number of nitrogens with two attached hydrogens (primary N) is 1. The highest BCUT2D eigenvalue weighted by Gasteiger charge is 2.10. The summed E-state index contributed by atoms with van der Waals surface area (Å²) >= 11 is 0. The highest BCUT2D eigenvalue weighted by atomic mass is 16.2. The van der Waals surface area contributed by atoms with Gasteiger partial charge in [0.25, 0.3) is 5.91 Å². The van der Waals surface area contributed by atoms with E-state index in [2.05, 4.69) is 15.6 Å². The van der Waals surface area contributed by atoms with Gasteiger partial charge in [-0.1, -0.05) is 18.2 Å². The van der Waals surface area contributed by atoms with Crippen LogP contribution in [0.2, 0.25) is 0 Å². The first-order valence-corrected chi connectivity index (χ1v) is 5.56. The van der Waals surface area contributed by atoms with Gasteiger partial charge in [-0.3, -0.25) is 4.79 Å². The Kier molecular flexibility index (Phi) is 3.47. The van der Waals surface area contributed by atoms with Crippen molar-refractivity contribution in [3.05, 3.63) is 36.0 Å². The van der Waals surface area contributed by atoms with Gasteiger partial charge >= 0.3 is 6.03 Å². The normalized spacial score (nSPS) is 10.2. The number of para-hydroxylation sites is 1. The van der Waals surface area contributed by atoms with Crippen LogP contribution in [0.15, 0.2) is 30.5 Å². The highest BCUT2D eigenvalue weighted by Crippen LogP contribution is 2.17. The molecule has 0 aliphatic heterocycles. The second kappa shape index (κ2) is 5.22. The first-order valence-electron chi connectivity index (χ1n) is 5.56. The SMILES string of the molecule is NC(=O)NCCNC(=O)c1c[nH]c2ccccc12. The summed E-state index contributed by atoms with van der Waals surface area (Å²) in [4.78, 5) is 25.4. The number of rotatable bonds is 4. The van der Waals surface area contributed by atoms with E-state index in [1.54, 1.807) is 6.20 Å². The number of fused-ring (bicyclic) bond motifs is 1. The topological polar surface area (TPSA) is 100 Å². The Morgan fingerprint density at radius 3 is 2.67 bits per heavy atom. The van der Waals surface area contributed by atoms with Gasteiger partial charge in [0.2, 0.25) is 0 Å². The van der Waals surface area contributed by atoms with E-state index in [1.165, 1.54) is 0 Å². The van der Waals surface area contributed by atoms with Crippen LogP contribution in [-0.2, 0) is 0 Å². The molecule has 0 spiro atoms. The number of primary amides is 1. The Morgan fingerprint density at radius 2 is 1.89 bits per heavy atom. The maximum absolute atomic E-state index is 11.9. The van der Waals surface area contributed by atoms with Crippen LogP contribution in [0.4, 0.5) is 4.79 Å². The molecule has 2 aromatic rings. The molecule has 1 aromatic carbocycles. The summed E-state index contributed by atoms with van der Waals surface area (Å²) in [5.41, 5.74) is 6.41. The van der Waals surface area contributed by atoms with Crippen molar-refractivity contribution in [2.24, 2.45) is 5.73 Å². The van der Waals surface area contributed by atoms with Gasteiger partial charge in [-0.05, 0) is 6.07 Å². The fourth-order valence-electron chi connectivity index (χ4n) is 1.72. The minimum atomic E-state index is -0.601. The molecule has 1 heterocycles. The van der Waals surface area contributed by atoms with Crippen LogP contribution in [0.1, 0.15) is 10.4 Å². The van der Waals surface area contributed by atoms with Gasteiger partial charge in [0.1, 0.15) is 0 Å². The second-order valence-corrected chi connectivity index (χ2v) is 3.79. The van der Waals surface area contributed by atoms with Crippen LogP contribution in [0.3, 0.4) is 0 Å². The number of amides is 3. The fraction of sp³-hybridized carbons (Fsp3) is 0.167. The summed E-state index contributed by atoms with van der Waals surface area (Å²) in [6.07, 6.45) is 1.67. The van der Waals surface area contributed by atoms with Crippen molar-refractivity contribution in [3.63, 3.8) is 0 Å². The van der Waals surface area contributed by atoms with Crippen molar-refractivity contribution in [1.82, 2.24) is 15.6 Å². The lowest BCUT2D eigenvalue weighted by atomic mass is 10.1. The molecule has 0 saturated carbocycles. The van der Waals surface area contributed by atoms with Crippen molar-refractivity contribution in [2.45, 2.75) is 0 Å². The molecule has 0 aliphatic rings. The number of nitrogens with one attached hydrogen (secondary N) is 3. The van der Waals surface area contributed by atoms with Gasteiger partial charge in [0, 0.05) is 30.2 Å². The van der Waals surface area contributed by atoms with Crippen molar-refractivity contribution < 1.29 is 9.59 Å². The molecule has 1 aromatic heterocycles. The highest BCUT2D eigenvalue weighted by molar-refractivity contribution is 6.06. The van der Waals surface area contributed by atoms with Crippen LogP contribution in [0.25, 0.3) is 10.9 Å². The van der Waals surface area contributed by atoms with E-state index in [0.29, 0.717) is 18.7 Å². The van der Waals surface area contributed by atoms with Gasteiger partial charge in [-0.15, -0.1) is 0 Å². The monoisotopic (exact) mass is 246 g/mol. The maximum atomic E-state index is 11.9. The molecule has 6 nitrogen and oxygen atoms in total. The number of hydrogen-bond donors (Lipinski definition) is 4. The van der Waals surface area contributed by atoms with Crippen molar-refractivity contribution >= 4 is 22.8 Å². The molecule has 6 heteroatoms. The van der Waals surface area contributed by atoms with E-state index >= 15 is 0 Å². The van der Waals surface area contributed by atoms with Crippen LogP contribution in [-0.4, -0.2) is 30.0 Å². The third-order valence-corrected chi connectivity index (χ3v) is 2.54. The summed E-state index contributed by atoms with van der Waals surface area (Å²) in [5.74, 6) is -0.182. The predicted molar refractivity (Wildman–Crippen MR) is 68.2 cm³/mol. The lowest BCUT2D eigenvalue weighted by Gasteiger charge is -2.04. The maximum Gasteiger partial charge on any atom is 0.312 e. The Bertz CT molecular complexity index is 576. The lowest BCUT2D eigenvalue weighted by Crippen LogP contribution is -2.37. The molecular weight excluding hydrogens is 232 g/mol. The number of aromatic amines is 1. The lowest BCUT2D eigenvalue weighted by molar-refractivity contribution is 0.0955. The van der Waals surface area contributed by atoms with Crippen LogP contribution >= 0.6 is 0 Å². The van der Waals surface area contributed by atoms with Gasteiger partial charge in [0.15, 0.2) is 0 Å². The number of H-pyrrole nitrogens is 1. The Hall–Kier alpha value is -2.50. The van der Waals surface area contributed by atoms with Crippen molar-refractivity contribution in [2.75, 3.05) is 13.1 Å². The third kappa shape index (κ3) is 2.60. The van der Waals surface area contributed by atoms with Crippen molar-refractivity contribution in [1.29, 1.82) is 0 Å². The molecule has 0 aliphatic carbocycles. The summed E-state index contributed by atoms with van der Waals surface area (Å²) in [6, 6.07) is 6.96. The third-order valence-electron chi connectivity index (χ3n) is 2.54. The summed E-state index contributed by atoms with van der Waals surface area (Å²) < 4.78 is 0. The largest absolute Gasteiger partial charge is 0.360 e. The molecule has 0 bridgehead atoms. The quantitative estimate of drug-likeness (QED) is 0.593. The van der Waals surface area contributed by atoms with E-state index in [0.717, 1.165) is 10.9 Å². The van der Waals surface area contributed by atoms with E-state index in [-0.39, 0.29) is 5.91 Å². The fourth-order valence-corrected chi connectivity index (χ4v) is 1.72. The molecule has 5 N–H and O–H groups in total. The van der Waals surface area contributed by atoms with Gasteiger partial charge in [0.05, 0.1) is 5.56 Å². The van der Waals surface area contributed by atoms with Gasteiger partial charge in [-0.25, -0.2) is 4.79 Å². The van der Waals surface area contributed by atoms with Gasteiger partial charge in [-0.2, -0.15) is 0 Å². The molecule has 0 unspecified atom stereocenters. The van der Waals surface area contributed by atoms with Crippen LogP contribution < -0.4 is 16.4 Å². The zero-order chi connectivity index (χ0) is 13.0. The minimum Gasteiger partial charge on any atom is -0.360 e. The average Bonchev–Trinajstić information content (AvgIpc) is 2.78. The number of hydrogen-bond acceptors (Lipinski definition) is 2. The average molecular weight is 246 g/mol. The number of urea groups is 1. The first-order chi connectivity index (χ1) is 8.68. The zero-order valence-electron chi connectivity index (χ0n) is 9.69. The minimum absolute atomic E-state index is 0.182. The van der Waals surface area contributed by atoms with Crippen molar-refractivity contribution in [3.8, 4) is 0 Å². The standard InChI is InChI=1S/C12H14N4O2/c13-12(18)15-6-5-14-11(17)9-7-16-10-4-2-1-3-8(9)10/h1-4,7,16H,5-6H2,(H,14,17)(H3,13,15,18). The molecule has 2 rings (SSSR count). The number of carbonyl (C=O) groups is 2.